The molecule has 1 aromatic carbocycles. The van der Waals surface area contributed by atoms with Gasteiger partial charge in [-0.15, -0.1) is 0 Å². The van der Waals surface area contributed by atoms with Gasteiger partial charge in [-0.1, -0.05) is 0 Å². The molecule has 0 saturated carbocycles. The van der Waals surface area contributed by atoms with Gasteiger partial charge in [0.1, 0.15) is 23.4 Å². The van der Waals surface area contributed by atoms with E-state index < -0.39 is 0 Å². The third-order valence-corrected chi connectivity index (χ3v) is 2.75. The lowest BCUT2D eigenvalue weighted by Gasteiger charge is -2.05. The molecule has 0 aliphatic rings. The van der Waals surface area contributed by atoms with Crippen LogP contribution in [0, 0.1) is 11.3 Å². The summed E-state index contributed by atoms with van der Waals surface area (Å²) < 4.78 is 5.29. The number of benzene rings is 1. The number of aromatic amines is 1. The van der Waals surface area contributed by atoms with Crippen molar-refractivity contribution in [2.24, 2.45) is 0 Å². The molecule has 2 heterocycles. The first-order valence-corrected chi connectivity index (χ1v) is 5.56. The number of nitrogens with zero attached hydrogens (tertiary/aromatic N) is 4. The van der Waals surface area contributed by atoms with Crippen LogP contribution >= 0.6 is 0 Å². The lowest BCUT2D eigenvalue weighted by Crippen LogP contribution is -1.90. The van der Waals surface area contributed by atoms with Gasteiger partial charge in [-0.05, 0) is 18.2 Å². The predicted molar refractivity (Wildman–Crippen MR) is 68.4 cm³/mol. The van der Waals surface area contributed by atoms with Gasteiger partial charge >= 0.3 is 0 Å². The van der Waals surface area contributed by atoms with Crippen molar-refractivity contribution >= 4 is 11.2 Å². The summed E-state index contributed by atoms with van der Waals surface area (Å²) in [5.74, 6) is 1.22. The van der Waals surface area contributed by atoms with Crippen molar-refractivity contribution in [3.05, 3.63) is 36.3 Å². The first kappa shape index (κ1) is 11.2. The summed E-state index contributed by atoms with van der Waals surface area (Å²) in [6, 6.07) is 7.26. The van der Waals surface area contributed by atoms with Crippen LogP contribution in [0.4, 0.5) is 0 Å². The van der Waals surface area contributed by atoms with E-state index in [-0.39, 0.29) is 0 Å². The van der Waals surface area contributed by atoms with Gasteiger partial charge in [0.2, 0.25) is 0 Å². The second kappa shape index (κ2) is 4.38. The number of fused-ring (bicyclic) bond motifs is 1. The molecular weight excluding hydrogens is 242 g/mol. The summed E-state index contributed by atoms with van der Waals surface area (Å²) in [7, 11) is 1.56. The highest BCUT2D eigenvalue weighted by molar-refractivity contribution is 5.77. The number of aromatic nitrogens is 4. The van der Waals surface area contributed by atoms with E-state index >= 15 is 0 Å². The Labute approximate surface area is 108 Å². The van der Waals surface area contributed by atoms with E-state index in [1.165, 1.54) is 6.33 Å². The molecule has 0 radical (unpaired) electrons. The number of imidazole rings is 1. The molecule has 0 fully saturated rings. The van der Waals surface area contributed by atoms with Crippen LogP contribution < -0.4 is 4.74 Å². The molecule has 0 aliphatic carbocycles. The lowest BCUT2D eigenvalue weighted by atomic mass is 10.1. The fourth-order valence-corrected chi connectivity index (χ4v) is 1.85. The molecule has 0 aliphatic heterocycles. The zero-order valence-electron chi connectivity index (χ0n) is 10.1. The Bertz CT molecular complexity index is 754. The number of rotatable bonds is 2. The van der Waals surface area contributed by atoms with Crippen LogP contribution in [-0.4, -0.2) is 27.0 Å². The topological polar surface area (TPSA) is 87.5 Å². The molecule has 19 heavy (non-hydrogen) atoms. The number of methoxy groups -OCH3 is 1. The minimum absolute atomic E-state index is 0.538. The summed E-state index contributed by atoms with van der Waals surface area (Å²) in [6.45, 7) is 0. The second-order valence-corrected chi connectivity index (χ2v) is 3.87. The molecule has 0 atom stereocenters. The molecule has 0 spiro atoms. The van der Waals surface area contributed by atoms with Crippen molar-refractivity contribution in [1.82, 2.24) is 19.9 Å². The molecule has 3 rings (SSSR count). The van der Waals surface area contributed by atoms with Gasteiger partial charge < -0.3 is 9.72 Å². The standard InChI is InChI=1S/C13H9N5O/c1-19-11-4-8(5-14)2-3-9(11)12-17-10-6-15-7-16-13(10)18-12/h2-4,6-7H,1H3,(H,15,16,17,18). The molecule has 6 nitrogen and oxygen atoms in total. The summed E-state index contributed by atoms with van der Waals surface area (Å²) in [6.07, 6.45) is 3.11. The van der Waals surface area contributed by atoms with Crippen LogP contribution in [0.1, 0.15) is 5.56 Å². The number of ether oxygens (including phenoxy) is 1. The van der Waals surface area contributed by atoms with Gasteiger partial charge in [-0.3, -0.25) is 0 Å². The Morgan fingerprint density at radius 2 is 2.26 bits per heavy atom. The van der Waals surface area contributed by atoms with E-state index in [1.54, 1.807) is 31.5 Å². The first-order chi connectivity index (χ1) is 9.31. The quantitative estimate of drug-likeness (QED) is 0.751. The molecule has 3 aromatic rings. The normalized spacial score (nSPS) is 10.3. The number of hydrogen-bond acceptors (Lipinski definition) is 5. The summed E-state index contributed by atoms with van der Waals surface area (Å²) in [4.78, 5) is 15.5. The Hall–Kier alpha value is -2.94. The Morgan fingerprint density at radius 3 is 3.00 bits per heavy atom. The van der Waals surface area contributed by atoms with E-state index in [1.807, 2.05) is 0 Å². The summed E-state index contributed by atoms with van der Waals surface area (Å²) in [5, 5.41) is 8.89. The number of hydrogen-bond donors (Lipinski definition) is 1. The molecule has 0 bridgehead atoms. The van der Waals surface area contributed by atoms with Crippen molar-refractivity contribution < 1.29 is 4.74 Å². The van der Waals surface area contributed by atoms with Crippen molar-refractivity contribution in [2.45, 2.75) is 0 Å². The SMILES string of the molecule is COc1cc(C#N)ccc1-c1nc2ncncc2[nH]1. The lowest BCUT2D eigenvalue weighted by molar-refractivity contribution is 0.416. The number of H-pyrrole nitrogens is 1. The number of nitrogens with one attached hydrogen (secondary N) is 1. The van der Waals surface area contributed by atoms with Gasteiger partial charge in [-0.2, -0.15) is 5.26 Å². The fraction of sp³-hybridized carbons (Fsp3) is 0.0769. The maximum absolute atomic E-state index is 8.89. The zero-order chi connectivity index (χ0) is 13.2. The van der Waals surface area contributed by atoms with Crippen LogP contribution in [-0.2, 0) is 0 Å². The van der Waals surface area contributed by atoms with Crippen molar-refractivity contribution in [3.8, 4) is 23.2 Å². The third kappa shape index (κ3) is 1.87. The van der Waals surface area contributed by atoms with Gasteiger partial charge in [0.15, 0.2) is 5.65 Å². The zero-order valence-corrected chi connectivity index (χ0v) is 10.1. The van der Waals surface area contributed by atoms with E-state index in [0.29, 0.717) is 22.8 Å². The molecule has 0 amide bonds. The summed E-state index contributed by atoms with van der Waals surface area (Å²) in [5.41, 5.74) is 2.66. The Morgan fingerprint density at radius 1 is 1.37 bits per heavy atom. The summed E-state index contributed by atoms with van der Waals surface area (Å²) >= 11 is 0. The minimum atomic E-state index is 0.538. The monoisotopic (exact) mass is 251 g/mol. The average molecular weight is 251 g/mol. The highest BCUT2D eigenvalue weighted by Gasteiger charge is 2.11. The van der Waals surface area contributed by atoms with Crippen LogP contribution in [0.2, 0.25) is 0 Å². The molecule has 1 N–H and O–H groups in total. The minimum Gasteiger partial charge on any atom is -0.496 e. The highest BCUT2D eigenvalue weighted by Crippen LogP contribution is 2.29. The maximum Gasteiger partial charge on any atom is 0.181 e. The third-order valence-electron chi connectivity index (χ3n) is 2.75. The van der Waals surface area contributed by atoms with E-state index in [2.05, 4.69) is 26.0 Å². The van der Waals surface area contributed by atoms with Gasteiger partial charge in [0.05, 0.1) is 30.5 Å². The van der Waals surface area contributed by atoms with E-state index in [0.717, 1.165) is 11.1 Å². The fourth-order valence-electron chi connectivity index (χ4n) is 1.85. The van der Waals surface area contributed by atoms with Gasteiger partial charge in [-0.25, -0.2) is 15.0 Å². The van der Waals surface area contributed by atoms with E-state index in [9.17, 15) is 0 Å². The first-order valence-electron chi connectivity index (χ1n) is 5.56. The van der Waals surface area contributed by atoms with Crippen LogP contribution in [0.25, 0.3) is 22.6 Å². The second-order valence-electron chi connectivity index (χ2n) is 3.87. The van der Waals surface area contributed by atoms with Gasteiger partial charge in [0.25, 0.3) is 0 Å². The largest absolute Gasteiger partial charge is 0.496 e. The molecule has 92 valence electrons. The van der Waals surface area contributed by atoms with Crippen molar-refractivity contribution in [2.75, 3.05) is 7.11 Å². The maximum atomic E-state index is 8.89. The molecule has 2 aromatic heterocycles. The van der Waals surface area contributed by atoms with Crippen LogP contribution in [0.15, 0.2) is 30.7 Å². The molecule has 6 heteroatoms. The molecule has 0 unspecified atom stereocenters. The Balaban J connectivity index is 2.18. The highest BCUT2D eigenvalue weighted by atomic mass is 16.5. The smallest absolute Gasteiger partial charge is 0.181 e. The van der Waals surface area contributed by atoms with E-state index in [4.69, 9.17) is 10.00 Å². The molecular formula is C13H9N5O. The van der Waals surface area contributed by atoms with Gasteiger partial charge in [0, 0.05) is 0 Å². The average Bonchev–Trinajstić information content (AvgIpc) is 2.90. The van der Waals surface area contributed by atoms with Crippen molar-refractivity contribution in [1.29, 1.82) is 5.26 Å². The van der Waals surface area contributed by atoms with Crippen LogP contribution in [0.5, 0.6) is 5.75 Å². The Kier molecular flexibility index (Phi) is 2.58. The van der Waals surface area contributed by atoms with Crippen molar-refractivity contribution in [3.63, 3.8) is 0 Å². The number of nitriles is 1. The predicted octanol–water partition coefficient (Wildman–Crippen LogP) is 1.90. The molecule has 0 saturated heterocycles. The van der Waals surface area contributed by atoms with Crippen LogP contribution in [0.3, 0.4) is 0 Å².